The third-order valence-corrected chi connectivity index (χ3v) is 2.66. The van der Waals surface area contributed by atoms with Crippen molar-refractivity contribution in [3.63, 3.8) is 0 Å². The van der Waals surface area contributed by atoms with Gasteiger partial charge in [0.15, 0.2) is 5.44 Å². The van der Waals surface area contributed by atoms with Gasteiger partial charge in [-0.1, -0.05) is 17.7 Å². The molecule has 0 saturated heterocycles. The molecule has 0 radical (unpaired) electrons. The van der Waals surface area contributed by atoms with E-state index >= 15 is 0 Å². The number of rotatable bonds is 2. The van der Waals surface area contributed by atoms with E-state index in [1.807, 2.05) is 0 Å². The fraction of sp³-hybridized carbons (Fsp3) is 0.250. The van der Waals surface area contributed by atoms with E-state index < -0.39 is 15.6 Å². The molecular formula is C8H8ClNaO4S. The van der Waals surface area contributed by atoms with Crippen LogP contribution in [0.1, 0.15) is 16.6 Å². The molecule has 0 saturated carbocycles. The van der Waals surface area contributed by atoms with Crippen LogP contribution in [0.4, 0.5) is 0 Å². The number of benzene rings is 1. The maximum absolute atomic E-state index is 10.5. The van der Waals surface area contributed by atoms with Crippen LogP contribution in [0.3, 0.4) is 0 Å². The minimum atomic E-state index is -4.74. The Morgan fingerprint density at radius 2 is 1.93 bits per heavy atom. The molecule has 0 amide bonds. The van der Waals surface area contributed by atoms with Crippen molar-refractivity contribution in [1.29, 1.82) is 0 Å². The fourth-order valence-corrected chi connectivity index (χ4v) is 1.84. The van der Waals surface area contributed by atoms with E-state index in [1.165, 1.54) is 12.1 Å². The number of aryl methyl sites for hydroxylation is 1. The Morgan fingerprint density at radius 1 is 1.40 bits per heavy atom. The van der Waals surface area contributed by atoms with E-state index in [2.05, 4.69) is 0 Å². The van der Waals surface area contributed by atoms with E-state index in [0.717, 1.165) is 0 Å². The van der Waals surface area contributed by atoms with Gasteiger partial charge in [-0.15, -0.1) is 0 Å². The van der Waals surface area contributed by atoms with E-state index in [9.17, 15) is 13.0 Å². The first kappa shape index (κ1) is 15.4. The first-order valence-corrected chi connectivity index (χ1v) is 5.55. The van der Waals surface area contributed by atoms with Gasteiger partial charge >= 0.3 is 29.6 Å². The predicted molar refractivity (Wildman–Crippen MR) is 50.8 cm³/mol. The maximum Gasteiger partial charge on any atom is 1.00 e. The average Bonchev–Trinajstić information content (AvgIpc) is 1.99. The SMILES string of the molecule is Cc1cc(Cl)cc(C(O)S(=O)(=O)[O-])c1.[Na+]. The average molecular weight is 259 g/mol. The summed E-state index contributed by atoms with van der Waals surface area (Å²) in [5.41, 5.74) is -1.39. The van der Waals surface area contributed by atoms with Crippen LogP contribution in [0.25, 0.3) is 0 Å². The van der Waals surface area contributed by atoms with Crippen molar-refractivity contribution in [3.05, 3.63) is 34.3 Å². The topological polar surface area (TPSA) is 77.4 Å². The monoisotopic (exact) mass is 258 g/mol. The molecule has 1 aromatic rings. The van der Waals surface area contributed by atoms with Crippen LogP contribution in [0.5, 0.6) is 0 Å². The van der Waals surface area contributed by atoms with Crippen molar-refractivity contribution in [2.75, 3.05) is 0 Å². The second-order valence-electron chi connectivity index (χ2n) is 2.91. The number of hydrogen-bond acceptors (Lipinski definition) is 4. The van der Waals surface area contributed by atoms with Gasteiger partial charge in [-0.05, 0) is 30.2 Å². The number of aliphatic hydroxyl groups is 1. The third kappa shape index (κ3) is 4.40. The summed E-state index contributed by atoms with van der Waals surface area (Å²) in [6.07, 6.45) is 0. The van der Waals surface area contributed by atoms with Gasteiger partial charge < -0.3 is 9.66 Å². The summed E-state index contributed by atoms with van der Waals surface area (Å²) in [6.45, 7) is 1.68. The Balaban J connectivity index is 0.00000196. The van der Waals surface area contributed by atoms with Crippen LogP contribution in [-0.4, -0.2) is 18.1 Å². The number of aliphatic hydroxyl groups excluding tert-OH is 1. The van der Waals surface area contributed by atoms with Crippen molar-refractivity contribution in [1.82, 2.24) is 0 Å². The maximum atomic E-state index is 10.5. The molecule has 0 heterocycles. The Bertz CT molecular complexity index is 426. The van der Waals surface area contributed by atoms with Crippen LogP contribution in [0, 0.1) is 6.92 Å². The van der Waals surface area contributed by atoms with Crippen molar-refractivity contribution in [3.8, 4) is 0 Å². The molecule has 0 spiro atoms. The molecular weight excluding hydrogens is 251 g/mol. The quantitative estimate of drug-likeness (QED) is 0.501. The molecule has 7 heteroatoms. The smallest absolute Gasteiger partial charge is 0.746 e. The van der Waals surface area contributed by atoms with Crippen molar-refractivity contribution in [2.24, 2.45) is 0 Å². The largest absolute Gasteiger partial charge is 1.00 e. The summed E-state index contributed by atoms with van der Waals surface area (Å²) in [5, 5.41) is 9.43. The molecule has 0 bridgehead atoms. The molecule has 0 aliphatic heterocycles. The van der Waals surface area contributed by atoms with Crippen molar-refractivity contribution < 1.29 is 47.6 Å². The second-order valence-corrected chi connectivity index (χ2v) is 4.78. The molecule has 0 fully saturated rings. The zero-order valence-electron chi connectivity index (χ0n) is 8.27. The summed E-state index contributed by atoms with van der Waals surface area (Å²) in [4.78, 5) is 0. The number of halogens is 1. The predicted octanol–water partition coefficient (Wildman–Crippen LogP) is -1.81. The van der Waals surface area contributed by atoms with Crippen LogP contribution < -0.4 is 29.6 Å². The first-order chi connectivity index (χ1) is 6.30. The normalized spacial score (nSPS) is 13.1. The molecule has 15 heavy (non-hydrogen) atoms. The third-order valence-electron chi connectivity index (χ3n) is 1.62. The van der Waals surface area contributed by atoms with Gasteiger partial charge in [0.2, 0.25) is 0 Å². The van der Waals surface area contributed by atoms with E-state index in [-0.39, 0.29) is 40.1 Å². The first-order valence-electron chi connectivity index (χ1n) is 3.70. The molecule has 1 rings (SSSR count). The summed E-state index contributed by atoms with van der Waals surface area (Å²) in [5.74, 6) is 0. The summed E-state index contributed by atoms with van der Waals surface area (Å²) >= 11 is 5.64. The molecule has 1 unspecified atom stereocenters. The van der Waals surface area contributed by atoms with Gasteiger partial charge in [0.1, 0.15) is 10.1 Å². The van der Waals surface area contributed by atoms with Crippen LogP contribution in [0.2, 0.25) is 5.02 Å². The molecule has 0 aliphatic rings. The summed E-state index contributed by atoms with van der Waals surface area (Å²) < 4.78 is 31.5. The van der Waals surface area contributed by atoms with Crippen LogP contribution in [0.15, 0.2) is 18.2 Å². The van der Waals surface area contributed by atoms with Gasteiger partial charge in [0.25, 0.3) is 0 Å². The minimum Gasteiger partial charge on any atom is -0.746 e. The fourth-order valence-electron chi connectivity index (χ4n) is 1.07. The van der Waals surface area contributed by atoms with Gasteiger partial charge in [-0.25, -0.2) is 8.42 Å². The van der Waals surface area contributed by atoms with E-state index in [1.54, 1.807) is 13.0 Å². The molecule has 1 N–H and O–H groups in total. The van der Waals surface area contributed by atoms with E-state index in [0.29, 0.717) is 5.56 Å². The van der Waals surface area contributed by atoms with Gasteiger partial charge in [0, 0.05) is 5.02 Å². The second kappa shape index (κ2) is 5.63. The van der Waals surface area contributed by atoms with Gasteiger partial charge in [0.05, 0.1) is 0 Å². The summed E-state index contributed by atoms with van der Waals surface area (Å²) in [7, 11) is -4.74. The van der Waals surface area contributed by atoms with E-state index in [4.69, 9.17) is 16.7 Å². The molecule has 4 nitrogen and oxygen atoms in total. The molecule has 0 aromatic heterocycles. The Morgan fingerprint density at radius 3 is 2.33 bits per heavy atom. The Hall–Kier alpha value is 0.380. The van der Waals surface area contributed by atoms with Crippen molar-refractivity contribution >= 4 is 21.7 Å². The van der Waals surface area contributed by atoms with Crippen LogP contribution >= 0.6 is 11.6 Å². The zero-order chi connectivity index (χ0) is 10.9. The molecule has 1 atom stereocenters. The Labute approximate surface area is 115 Å². The van der Waals surface area contributed by atoms with Gasteiger partial charge in [-0.2, -0.15) is 0 Å². The van der Waals surface area contributed by atoms with Gasteiger partial charge in [-0.3, -0.25) is 0 Å². The van der Waals surface area contributed by atoms with Crippen LogP contribution in [-0.2, 0) is 10.1 Å². The Kier molecular flexibility index (Phi) is 5.77. The standard InChI is InChI=1S/C8H9ClO4S.Na/c1-5-2-6(4-7(9)3-5)8(10)14(11,12)13;/h2-4,8,10H,1H3,(H,11,12,13);/q;+1/p-1. The number of hydrogen-bond donors (Lipinski definition) is 1. The minimum absolute atomic E-state index is 0. The molecule has 78 valence electrons. The summed E-state index contributed by atoms with van der Waals surface area (Å²) in [6, 6.07) is 4.23. The molecule has 1 aromatic carbocycles. The van der Waals surface area contributed by atoms with Crippen molar-refractivity contribution in [2.45, 2.75) is 12.4 Å². The zero-order valence-corrected chi connectivity index (χ0v) is 11.8. The molecule has 0 aliphatic carbocycles.